The molecule has 3 rings (SSSR count). The van der Waals surface area contributed by atoms with Gasteiger partial charge in [-0.3, -0.25) is 0 Å². The molecule has 1 aromatic carbocycles. The normalized spacial score (nSPS) is 31.6. The van der Waals surface area contributed by atoms with Gasteiger partial charge >= 0.3 is 0 Å². The molecule has 1 nitrogen and oxygen atoms in total. The quantitative estimate of drug-likeness (QED) is 0.760. The van der Waals surface area contributed by atoms with Crippen LogP contribution in [-0.4, -0.2) is 23.2 Å². The van der Waals surface area contributed by atoms with Crippen LogP contribution >= 0.6 is 0 Å². The Morgan fingerprint density at radius 1 is 1.24 bits per heavy atom. The molecule has 0 saturated heterocycles. The molecule has 1 aromatic rings. The van der Waals surface area contributed by atoms with Gasteiger partial charge in [-0.2, -0.15) is 0 Å². The Balaban J connectivity index is 1.70. The minimum atomic E-state index is -0.140. The van der Waals surface area contributed by atoms with Gasteiger partial charge in [-0.1, -0.05) is 66.7 Å². The summed E-state index contributed by atoms with van der Waals surface area (Å²) in [6.45, 7) is 3.24. The van der Waals surface area contributed by atoms with Gasteiger partial charge in [0.2, 0.25) is 0 Å². The third-order valence-electron chi connectivity index (χ3n) is 5.28. The first-order chi connectivity index (χ1) is 10.3. The first-order valence-electron chi connectivity index (χ1n) is 8.19. The largest absolute Gasteiger partial charge is 0.380 e. The molecule has 0 bridgehead atoms. The average molecular weight is 299 g/mol. The minimum Gasteiger partial charge on any atom is -0.380 e. The van der Waals surface area contributed by atoms with Crippen LogP contribution in [0.1, 0.15) is 13.3 Å². The summed E-state index contributed by atoms with van der Waals surface area (Å²) in [6.07, 6.45) is 8.39. The average Bonchev–Trinajstić information content (AvgIpc) is 2.84. The van der Waals surface area contributed by atoms with Crippen molar-refractivity contribution in [3.63, 3.8) is 0 Å². The predicted octanol–water partition coefficient (Wildman–Crippen LogP) is 2.93. The SMILES string of the molecule is COCC1=CC=CC2C(C)CC(C[SiH2]c3ccccc3)C12. The zero-order valence-electron chi connectivity index (χ0n) is 13.2. The second kappa shape index (κ2) is 6.76. The fourth-order valence-corrected chi connectivity index (χ4v) is 6.24. The number of hydrogen-bond donors (Lipinski definition) is 0. The summed E-state index contributed by atoms with van der Waals surface area (Å²) in [4.78, 5) is 0. The highest BCUT2D eigenvalue weighted by Gasteiger charge is 2.41. The predicted molar refractivity (Wildman–Crippen MR) is 92.8 cm³/mol. The van der Waals surface area contributed by atoms with Gasteiger partial charge in [-0.25, -0.2) is 0 Å². The first-order valence-corrected chi connectivity index (χ1v) is 9.90. The fraction of sp³-hybridized carbons (Fsp3) is 0.474. The third-order valence-corrected chi connectivity index (χ3v) is 7.36. The van der Waals surface area contributed by atoms with E-state index in [2.05, 4.69) is 55.5 Å². The van der Waals surface area contributed by atoms with Crippen LogP contribution in [0.3, 0.4) is 0 Å². The molecular weight excluding hydrogens is 272 g/mol. The lowest BCUT2D eigenvalue weighted by Crippen LogP contribution is -2.25. The summed E-state index contributed by atoms with van der Waals surface area (Å²) in [5, 5.41) is 1.61. The molecule has 4 unspecified atom stereocenters. The molecule has 0 radical (unpaired) electrons. The van der Waals surface area contributed by atoms with Gasteiger partial charge in [0, 0.05) is 7.11 Å². The Morgan fingerprint density at radius 3 is 2.81 bits per heavy atom. The Morgan fingerprint density at radius 2 is 2.05 bits per heavy atom. The molecule has 2 aliphatic rings. The van der Waals surface area contributed by atoms with Crippen LogP contribution in [0, 0.1) is 23.7 Å². The van der Waals surface area contributed by atoms with Crippen molar-refractivity contribution < 1.29 is 4.74 Å². The van der Waals surface area contributed by atoms with E-state index in [0.29, 0.717) is 0 Å². The van der Waals surface area contributed by atoms with Crippen molar-refractivity contribution in [3.05, 3.63) is 54.1 Å². The number of hydrogen-bond acceptors (Lipinski definition) is 1. The van der Waals surface area contributed by atoms with E-state index in [1.54, 1.807) is 5.19 Å². The van der Waals surface area contributed by atoms with Gasteiger partial charge in [0.1, 0.15) is 0 Å². The van der Waals surface area contributed by atoms with E-state index in [1.165, 1.54) is 18.0 Å². The van der Waals surface area contributed by atoms with Crippen molar-refractivity contribution in [2.24, 2.45) is 23.7 Å². The van der Waals surface area contributed by atoms with E-state index in [9.17, 15) is 0 Å². The standard InChI is InChI=1S/C19H26OSi/c1-14-11-16(13-21-17-8-4-3-5-9-17)19-15(12-20-2)7-6-10-18(14)19/h3-10,14,16,18-19H,11-13,21H2,1-2H3. The van der Waals surface area contributed by atoms with Gasteiger partial charge < -0.3 is 4.74 Å². The monoisotopic (exact) mass is 298 g/mol. The fourth-order valence-electron chi connectivity index (χ4n) is 4.33. The molecule has 2 heteroatoms. The highest BCUT2D eigenvalue weighted by atomic mass is 28.2. The Kier molecular flexibility index (Phi) is 4.76. The van der Waals surface area contributed by atoms with Crippen LogP contribution < -0.4 is 5.19 Å². The van der Waals surface area contributed by atoms with Crippen molar-refractivity contribution in [1.82, 2.24) is 0 Å². The van der Waals surface area contributed by atoms with Crippen molar-refractivity contribution in [3.8, 4) is 0 Å². The molecule has 4 atom stereocenters. The Bertz CT molecular complexity index is 520. The van der Waals surface area contributed by atoms with Crippen LogP contribution in [0.25, 0.3) is 0 Å². The van der Waals surface area contributed by atoms with E-state index in [4.69, 9.17) is 4.74 Å². The van der Waals surface area contributed by atoms with Crippen LogP contribution in [0.15, 0.2) is 54.1 Å². The van der Waals surface area contributed by atoms with Crippen molar-refractivity contribution >= 4 is 14.7 Å². The van der Waals surface area contributed by atoms with Gasteiger partial charge in [-0.05, 0) is 35.7 Å². The molecule has 0 heterocycles. The summed E-state index contributed by atoms with van der Waals surface area (Å²) < 4.78 is 5.45. The molecule has 0 aromatic heterocycles. The minimum absolute atomic E-state index is 0.140. The molecule has 0 amide bonds. The number of ether oxygens (including phenoxy) is 1. The molecular formula is C19H26OSi. The molecule has 0 N–H and O–H groups in total. The van der Waals surface area contributed by atoms with Gasteiger partial charge in [0.05, 0.1) is 16.1 Å². The van der Waals surface area contributed by atoms with Gasteiger partial charge in [0.15, 0.2) is 0 Å². The molecule has 0 spiro atoms. The first kappa shape index (κ1) is 14.8. The molecule has 112 valence electrons. The smallest absolute Gasteiger partial charge is 0.0679 e. The highest BCUT2D eigenvalue weighted by Crippen LogP contribution is 2.49. The molecule has 0 aliphatic heterocycles. The van der Waals surface area contributed by atoms with E-state index >= 15 is 0 Å². The maximum atomic E-state index is 5.45. The summed E-state index contributed by atoms with van der Waals surface area (Å²) >= 11 is 0. The van der Waals surface area contributed by atoms with Crippen molar-refractivity contribution in [2.45, 2.75) is 19.4 Å². The summed E-state index contributed by atoms with van der Waals surface area (Å²) in [6, 6.07) is 12.6. The van der Waals surface area contributed by atoms with Crippen LogP contribution in [0.2, 0.25) is 6.04 Å². The van der Waals surface area contributed by atoms with Crippen LogP contribution in [0.5, 0.6) is 0 Å². The number of rotatable bonds is 5. The zero-order valence-corrected chi connectivity index (χ0v) is 14.6. The van der Waals surface area contributed by atoms with Gasteiger partial charge in [0.25, 0.3) is 0 Å². The topological polar surface area (TPSA) is 9.23 Å². The van der Waals surface area contributed by atoms with Gasteiger partial charge in [-0.15, -0.1) is 0 Å². The second-order valence-corrected chi connectivity index (χ2v) is 8.55. The lowest BCUT2D eigenvalue weighted by atomic mass is 9.79. The molecule has 21 heavy (non-hydrogen) atoms. The summed E-state index contributed by atoms with van der Waals surface area (Å²) in [5.41, 5.74) is 1.53. The number of allylic oxidation sites excluding steroid dienone is 3. The van der Waals surface area contributed by atoms with Crippen LogP contribution in [0.4, 0.5) is 0 Å². The second-order valence-electron chi connectivity index (χ2n) is 6.66. The van der Waals surface area contributed by atoms with E-state index < -0.39 is 0 Å². The highest BCUT2D eigenvalue weighted by molar-refractivity contribution is 6.53. The maximum absolute atomic E-state index is 5.45. The Hall–Kier alpha value is -1.12. The maximum Gasteiger partial charge on any atom is 0.0679 e. The van der Waals surface area contributed by atoms with Crippen molar-refractivity contribution in [1.29, 1.82) is 0 Å². The summed E-state index contributed by atoms with van der Waals surface area (Å²) in [7, 11) is 1.68. The zero-order chi connectivity index (χ0) is 14.7. The summed E-state index contributed by atoms with van der Waals surface area (Å²) in [5.74, 6) is 3.17. The molecule has 1 fully saturated rings. The van der Waals surface area contributed by atoms with E-state index in [1.807, 2.05) is 7.11 Å². The Labute approximate surface area is 130 Å². The lowest BCUT2D eigenvalue weighted by Gasteiger charge is -2.29. The van der Waals surface area contributed by atoms with E-state index in [0.717, 1.165) is 30.3 Å². The number of methoxy groups -OCH3 is 1. The molecule has 2 aliphatic carbocycles. The number of fused-ring (bicyclic) bond motifs is 1. The number of benzene rings is 1. The lowest BCUT2D eigenvalue weighted by molar-refractivity contribution is 0.206. The van der Waals surface area contributed by atoms with E-state index in [-0.39, 0.29) is 9.52 Å². The van der Waals surface area contributed by atoms with Crippen molar-refractivity contribution in [2.75, 3.05) is 13.7 Å². The van der Waals surface area contributed by atoms with Crippen LogP contribution in [-0.2, 0) is 4.74 Å². The molecule has 1 saturated carbocycles. The third kappa shape index (κ3) is 3.22.